The molecule has 0 aliphatic rings. The highest BCUT2D eigenvalue weighted by molar-refractivity contribution is 7.45. The molecule has 8 nitrogen and oxygen atoms in total. The van der Waals surface area contributed by atoms with Crippen LogP contribution in [0.15, 0.2) is 12.2 Å². The van der Waals surface area contributed by atoms with E-state index in [1.165, 1.54) is 83.5 Å². The first-order valence-electron chi connectivity index (χ1n) is 15.9. The average Bonchev–Trinajstić information content (AvgIpc) is 2.87. The van der Waals surface area contributed by atoms with E-state index in [2.05, 4.69) is 19.1 Å². The summed E-state index contributed by atoms with van der Waals surface area (Å²) < 4.78 is 33.6. The monoisotopic (exact) mass is 591 g/mol. The van der Waals surface area contributed by atoms with Crippen LogP contribution in [0.2, 0.25) is 0 Å². The standard InChI is InChI=1S/C31H62NO7P/c1-6-8-9-10-11-12-13-14-15-16-17-18-19-20-21-22-23-26-36-28-30(39-31(33)24-7-2)29-38-40(34,35)37-27-25-32(3,4)5/h15-16,30H,6-14,17-29H2,1-5H3/b16-15-. The molecule has 0 fully saturated rings. The van der Waals surface area contributed by atoms with Gasteiger partial charge in [-0.3, -0.25) is 9.36 Å². The van der Waals surface area contributed by atoms with Crippen molar-refractivity contribution >= 4 is 13.8 Å². The summed E-state index contributed by atoms with van der Waals surface area (Å²) in [6, 6.07) is 0. The van der Waals surface area contributed by atoms with Crippen LogP contribution in [0.5, 0.6) is 0 Å². The predicted molar refractivity (Wildman–Crippen MR) is 162 cm³/mol. The molecule has 9 heteroatoms. The number of allylic oxidation sites excluding steroid dienone is 2. The average molecular weight is 592 g/mol. The molecule has 0 rings (SSSR count). The first-order chi connectivity index (χ1) is 19.1. The van der Waals surface area contributed by atoms with E-state index in [0.717, 1.165) is 12.8 Å². The number of carbonyl (C=O) groups is 1. The van der Waals surface area contributed by atoms with Gasteiger partial charge in [-0.25, -0.2) is 0 Å². The van der Waals surface area contributed by atoms with Gasteiger partial charge in [0.2, 0.25) is 0 Å². The van der Waals surface area contributed by atoms with Gasteiger partial charge in [0.15, 0.2) is 0 Å². The second-order valence-corrected chi connectivity index (χ2v) is 13.2. The lowest BCUT2D eigenvalue weighted by Gasteiger charge is -2.28. The molecule has 0 spiro atoms. The minimum atomic E-state index is -4.48. The summed E-state index contributed by atoms with van der Waals surface area (Å²) in [6.07, 6.45) is 23.7. The molecule has 40 heavy (non-hydrogen) atoms. The third-order valence-corrected chi connectivity index (χ3v) is 7.50. The van der Waals surface area contributed by atoms with E-state index in [1.54, 1.807) is 0 Å². The number of nitrogens with zero attached hydrogens (tertiary/aromatic N) is 1. The molecule has 0 aliphatic carbocycles. The van der Waals surface area contributed by atoms with Crippen molar-refractivity contribution in [2.75, 3.05) is 54.1 Å². The van der Waals surface area contributed by atoms with E-state index in [9.17, 15) is 14.3 Å². The van der Waals surface area contributed by atoms with E-state index in [1.807, 2.05) is 28.1 Å². The fourth-order valence-corrected chi connectivity index (χ4v) is 4.78. The molecule has 0 aromatic heterocycles. The van der Waals surface area contributed by atoms with E-state index in [-0.39, 0.29) is 32.2 Å². The Balaban J connectivity index is 3.92. The third-order valence-electron chi connectivity index (χ3n) is 6.54. The number of esters is 1. The number of hydrogen-bond donors (Lipinski definition) is 0. The topological polar surface area (TPSA) is 94.1 Å². The Labute approximate surface area is 246 Å². The van der Waals surface area contributed by atoms with Gasteiger partial charge in [0.1, 0.15) is 19.3 Å². The van der Waals surface area contributed by atoms with Crippen LogP contribution in [-0.2, 0) is 27.9 Å². The zero-order chi connectivity index (χ0) is 30.0. The zero-order valence-corrected chi connectivity index (χ0v) is 27.4. The number of likely N-dealkylation sites (N-methyl/N-ethyl adjacent to an activating group) is 1. The Morgan fingerprint density at radius 3 is 1.85 bits per heavy atom. The van der Waals surface area contributed by atoms with Crippen LogP contribution in [0.3, 0.4) is 0 Å². The second kappa shape index (κ2) is 25.9. The van der Waals surface area contributed by atoms with Gasteiger partial charge >= 0.3 is 5.97 Å². The van der Waals surface area contributed by atoms with Crippen LogP contribution >= 0.6 is 7.82 Å². The summed E-state index contributed by atoms with van der Waals surface area (Å²) in [6.45, 7) is 5.01. The van der Waals surface area contributed by atoms with Gasteiger partial charge in [0.25, 0.3) is 7.82 Å². The molecule has 0 aliphatic heterocycles. The molecule has 0 aromatic carbocycles. The van der Waals surface area contributed by atoms with Crippen LogP contribution in [0, 0.1) is 0 Å². The van der Waals surface area contributed by atoms with Gasteiger partial charge in [0.05, 0.1) is 34.4 Å². The lowest BCUT2D eigenvalue weighted by Crippen LogP contribution is -2.37. The Kier molecular flexibility index (Phi) is 25.4. The molecule has 0 bridgehead atoms. The molecule has 0 N–H and O–H groups in total. The zero-order valence-electron chi connectivity index (χ0n) is 26.5. The Hall–Kier alpha value is -0.760. The van der Waals surface area contributed by atoms with Gasteiger partial charge in [-0.05, 0) is 38.5 Å². The maximum absolute atomic E-state index is 12.1. The van der Waals surface area contributed by atoms with Crippen LogP contribution in [0.1, 0.15) is 123 Å². The maximum atomic E-state index is 12.1. The van der Waals surface area contributed by atoms with E-state index >= 15 is 0 Å². The Morgan fingerprint density at radius 1 is 0.750 bits per heavy atom. The lowest BCUT2D eigenvalue weighted by molar-refractivity contribution is -0.870. The van der Waals surface area contributed by atoms with Crippen LogP contribution in [-0.4, -0.2) is 70.7 Å². The minimum absolute atomic E-state index is 0.0249. The molecule has 0 amide bonds. The highest BCUT2D eigenvalue weighted by Gasteiger charge is 2.20. The third kappa shape index (κ3) is 28.8. The van der Waals surface area contributed by atoms with E-state index < -0.39 is 13.9 Å². The van der Waals surface area contributed by atoms with Gasteiger partial charge in [-0.2, -0.15) is 0 Å². The fraction of sp³-hybridized carbons (Fsp3) is 0.903. The summed E-state index contributed by atoms with van der Waals surface area (Å²) in [7, 11) is 1.35. The van der Waals surface area contributed by atoms with Gasteiger partial charge in [0, 0.05) is 13.0 Å². The summed E-state index contributed by atoms with van der Waals surface area (Å²) in [4.78, 5) is 24.0. The largest absolute Gasteiger partial charge is 0.756 e. The number of carbonyl (C=O) groups excluding carboxylic acids is 1. The van der Waals surface area contributed by atoms with Crippen molar-refractivity contribution < 1.29 is 37.3 Å². The fourth-order valence-electron chi connectivity index (χ4n) is 4.05. The minimum Gasteiger partial charge on any atom is -0.756 e. The predicted octanol–water partition coefficient (Wildman–Crippen LogP) is 7.35. The molecule has 0 heterocycles. The Morgan fingerprint density at radius 2 is 1.30 bits per heavy atom. The second-order valence-electron chi connectivity index (χ2n) is 11.8. The van der Waals surface area contributed by atoms with Crippen molar-refractivity contribution in [1.29, 1.82) is 0 Å². The van der Waals surface area contributed by atoms with E-state index in [4.69, 9.17) is 18.5 Å². The molecular weight excluding hydrogens is 529 g/mol. The molecule has 238 valence electrons. The number of hydrogen-bond acceptors (Lipinski definition) is 7. The van der Waals surface area contributed by atoms with Gasteiger partial charge < -0.3 is 27.9 Å². The van der Waals surface area contributed by atoms with Crippen molar-refractivity contribution in [2.24, 2.45) is 0 Å². The summed E-state index contributed by atoms with van der Waals surface area (Å²) in [5, 5.41) is 0. The van der Waals surface area contributed by atoms with Crippen molar-refractivity contribution in [2.45, 2.75) is 129 Å². The lowest BCUT2D eigenvalue weighted by atomic mass is 10.1. The number of rotatable bonds is 29. The summed E-state index contributed by atoms with van der Waals surface area (Å²) in [5.74, 6) is -0.390. The molecular formula is C31H62NO7P. The first kappa shape index (κ1) is 39.2. The molecule has 2 unspecified atom stereocenters. The normalized spacial score (nSPS) is 14.4. The number of phosphoric acid groups is 1. The number of phosphoric ester groups is 1. The molecule has 2 atom stereocenters. The number of ether oxygens (including phenoxy) is 2. The van der Waals surface area contributed by atoms with Crippen LogP contribution in [0.25, 0.3) is 0 Å². The molecule has 0 aromatic rings. The SMILES string of the molecule is CCCCCCCCC/C=C\CCCCCCCCOCC(COP(=O)([O-])OCC[N+](C)(C)C)OC(=O)CCC. The van der Waals surface area contributed by atoms with Crippen LogP contribution in [0.4, 0.5) is 0 Å². The highest BCUT2D eigenvalue weighted by Crippen LogP contribution is 2.38. The molecule has 0 saturated carbocycles. The number of unbranched alkanes of at least 4 members (excludes halogenated alkanes) is 13. The van der Waals surface area contributed by atoms with Gasteiger partial charge in [-0.15, -0.1) is 0 Å². The maximum Gasteiger partial charge on any atom is 0.306 e. The Bertz CT molecular complexity index is 667. The van der Waals surface area contributed by atoms with Crippen molar-refractivity contribution in [3.63, 3.8) is 0 Å². The van der Waals surface area contributed by atoms with Crippen molar-refractivity contribution in [3.05, 3.63) is 12.2 Å². The summed E-state index contributed by atoms with van der Waals surface area (Å²) >= 11 is 0. The quantitative estimate of drug-likeness (QED) is 0.0295. The highest BCUT2D eigenvalue weighted by atomic mass is 31.2. The summed E-state index contributed by atoms with van der Waals surface area (Å²) in [5.41, 5.74) is 0. The first-order valence-corrected chi connectivity index (χ1v) is 17.4. The molecule has 0 saturated heterocycles. The smallest absolute Gasteiger partial charge is 0.306 e. The number of quaternary nitrogens is 1. The van der Waals surface area contributed by atoms with Gasteiger partial charge in [-0.1, -0.05) is 90.2 Å². The van der Waals surface area contributed by atoms with E-state index in [0.29, 0.717) is 24.1 Å². The van der Waals surface area contributed by atoms with Crippen LogP contribution < -0.4 is 4.89 Å². The van der Waals surface area contributed by atoms with Crippen molar-refractivity contribution in [3.8, 4) is 0 Å². The van der Waals surface area contributed by atoms with Crippen molar-refractivity contribution in [1.82, 2.24) is 0 Å². The molecule has 0 radical (unpaired) electrons.